The van der Waals surface area contributed by atoms with Crippen LogP contribution in [-0.2, 0) is 0 Å². The molecule has 0 unspecified atom stereocenters. The number of aromatic nitrogens is 2. The van der Waals surface area contributed by atoms with Crippen LogP contribution in [0.5, 0.6) is 6.01 Å². The van der Waals surface area contributed by atoms with Gasteiger partial charge < -0.3 is 15.6 Å². The first kappa shape index (κ1) is 10.4. The number of aromatic amines is 1. The topological polar surface area (TPSA) is 101 Å². The average molecular weight is 221 g/mol. The van der Waals surface area contributed by atoms with Crippen LogP contribution >= 0.6 is 0 Å². The SMILES string of the molecule is Nc1ccc2nc(OCCO)[nH]c(=O)c2c1. The number of nitrogens with zero attached hydrogens (tertiary/aromatic N) is 1. The van der Waals surface area contributed by atoms with E-state index in [0.717, 1.165) is 0 Å². The Kier molecular flexibility index (Phi) is 2.74. The van der Waals surface area contributed by atoms with E-state index in [1.807, 2.05) is 0 Å². The smallest absolute Gasteiger partial charge is 0.297 e. The van der Waals surface area contributed by atoms with Crippen molar-refractivity contribution in [2.45, 2.75) is 0 Å². The molecule has 0 fully saturated rings. The first-order valence-electron chi connectivity index (χ1n) is 4.74. The van der Waals surface area contributed by atoms with Crippen molar-refractivity contribution in [3.63, 3.8) is 0 Å². The molecule has 1 aromatic carbocycles. The number of fused-ring (bicyclic) bond motifs is 1. The summed E-state index contributed by atoms with van der Waals surface area (Å²) in [5.41, 5.74) is 6.26. The van der Waals surface area contributed by atoms with Gasteiger partial charge in [0.25, 0.3) is 11.6 Å². The maximum atomic E-state index is 11.6. The second-order valence-corrected chi connectivity index (χ2v) is 3.22. The van der Waals surface area contributed by atoms with Crippen molar-refractivity contribution in [2.75, 3.05) is 18.9 Å². The minimum absolute atomic E-state index is 0.0867. The Morgan fingerprint density at radius 2 is 2.31 bits per heavy atom. The molecular weight excluding hydrogens is 210 g/mol. The molecule has 0 spiro atoms. The zero-order valence-corrected chi connectivity index (χ0v) is 8.43. The number of nitrogens with one attached hydrogen (secondary N) is 1. The summed E-state index contributed by atoms with van der Waals surface area (Å²) >= 11 is 0. The lowest BCUT2D eigenvalue weighted by Gasteiger charge is -2.04. The van der Waals surface area contributed by atoms with Gasteiger partial charge in [-0.2, -0.15) is 4.98 Å². The standard InChI is InChI=1S/C10H11N3O3/c11-6-1-2-8-7(5-6)9(15)13-10(12-8)16-4-3-14/h1-2,5,14H,3-4,11H2,(H,12,13,15). The molecule has 6 nitrogen and oxygen atoms in total. The molecule has 84 valence electrons. The van der Waals surface area contributed by atoms with E-state index in [2.05, 4.69) is 9.97 Å². The lowest BCUT2D eigenvalue weighted by Crippen LogP contribution is -2.13. The summed E-state index contributed by atoms with van der Waals surface area (Å²) < 4.78 is 5.03. The van der Waals surface area contributed by atoms with Gasteiger partial charge in [-0.15, -0.1) is 0 Å². The van der Waals surface area contributed by atoms with E-state index in [1.54, 1.807) is 18.2 Å². The maximum absolute atomic E-state index is 11.6. The molecule has 16 heavy (non-hydrogen) atoms. The van der Waals surface area contributed by atoms with Crippen molar-refractivity contribution in [1.82, 2.24) is 9.97 Å². The summed E-state index contributed by atoms with van der Waals surface area (Å²) in [6, 6.07) is 4.95. The summed E-state index contributed by atoms with van der Waals surface area (Å²) in [5, 5.41) is 9.00. The molecule has 6 heteroatoms. The molecule has 2 aromatic rings. The Morgan fingerprint density at radius 1 is 1.50 bits per heavy atom. The molecule has 0 aliphatic carbocycles. The number of hydrogen-bond acceptors (Lipinski definition) is 5. The van der Waals surface area contributed by atoms with Crippen LogP contribution in [-0.4, -0.2) is 28.3 Å². The molecule has 1 heterocycles. The van der Waals surface area contributed by atoms with Crippen LogP contribution in [0.2, 0.25) is 0 Å². The van der Waals surface area contributed by atoms with Crippen molar-refractivity contribution in [1.29, 1.82) is 0 Å². The number of anilines is 1. The van der Waals surface area contributed by atoms with Crippen molar-refractivity contribution in [3.8, 4) is 6.01 Å². The van der Waals surface area contributed by atoms with Crippen molar-refractivity contribution < 1.29 is 9.84 Å². The predicted octanol–water partition coefficient (Wildman–Crippen LogP) is -0.124. The minimum Gasteiger partial charge on any atom is -0.462 e. The van der Waals surface area contributed by atoms with E-state index >= 15 is 0 Å². The molecule has 1 aromatic heterocycles. The number of aliphatic hydroxyl groups is 1. The molecule has 2 rings (SSSR count). The predicted molar refractivity (Wildman–Crippen MR) is 59.4 cm³/mol. The molecule has 0 amide bonds. The number of nitrogens with two attached hydrogens (primary N) is 1. The van der Waals surface area contributed by atoms with Gasteiger partial charge in [0.2, 0.25) is 0 Å². The molecule has 0 saturated carbocycles. The van der Waals surface area contributed by atoms with Crippen LogP contribution in [0.15, 0.2) is 23.0 Å². The molecule has 4 N–H and O–H groups in total. The number of rotatable bonds is 3. The van der Waals surface area contributed by atoms with E-state index in [1.165, 1.54) is 0 Å². The van der Waals surface area contributed by atoms with Crippen LogP contribution < -0.4 is 16.0 Å². The van der Waals surface area contributed by atoms with Crippen molar-refractivity contribution >= 4 is 16.6 Å². The molecule has 0 aliphatic heterocycles. The summed E-state index contributed by atoms with van der Waals surface area (Å²) in [4.78, 5) is 18.1. The molecule has 0 atom stereocenters. The third-order valence-corrected chi connectivity index (χ3v) is 2.04. The maximum Gasteiger partial charge on any atom is 0.297 e. The fourth-order valence-electron chi connectivity index (χ4n) is 1.35. The third-order valence-electron chi connectivity index (χ3n) is 2.04. The van der Waals surface area contributed by atoms with E-state index in [-0.39, 0.29) is 24.8 Å². The lowest BCUT2D eigenvalue weighted by molar-refractivity contribution is 0.191. The number of H-pyrrole nitrogens is 1. The Labute approximate surface area is 90.7 Å². The summed E-state index contributed by atoms with van der Waals surface area (Å²) in [6.07, 6.45) is 0. The van der Waals surface area contributed by atoms with Crippen LogP contribution in [0, 0.1) is 0 Å². The van der Waals surface area contributed by atoms with Gasteiger partial charge >= 0.3 is 0 Å². The number of nitrogen functional groups attached to an aromatic ring is 1. The fraction of sp³-hybridized carbons (Fsp3) is 0.200. The summed E-state index contributed by atoms with van der Waals surface area (Å²) in [6.45, 7) is -0.0487. The highest BCUT2D eigenvalue weighted by Crippen LogP contribution is 2.13. The van der Waals surface area contributed by atoms with Crippen LogP contribution in [0.3, 0.4) is 0 Å². The van der Waals surface area contributed by atoms with Crippen LogP contribution in [0.1, 0.15) is 0 Å². The van der Waals surface area contributed by atoms with Gasteiger partial charge in [-0.3, -0.25) is 9.78 Å². The zero-order valence-electron chi connectivity index (χ0n) is 8.43. The van der Waals surface area contributed by atoms with Crippen molar-refractivity contribution in [2.24, 2.45) is 0 Å². The summed E-state index contributed by atoms with van der Waals surface area (Å²) in [5.74, 6) is 0. The van der Waals surface area contributed by atoms with Gasteiger partial charge in [-0.1, -0.05) is 0 Å². The highest BCUT2D eigenvalue weighted by atomic mass is 16.5. The Bertz CT molecular complexity index is 565. The van der Waals surface area contributed by atoms with E-state index in [4.69, 9.17) is 15.6 Å². The van der Waals surface area contributed by atoms with Gasteiger partial charge in [0, 0.05) is 5.69 Å². The zero-order chi connectivity index (χ0) is 11.5. The lowest BCUT2D eigenvalue weighted by atomic mass is 10.2. The monoisotopic (exact) mass is 221 g/mol. The first-order chi connectivity index (χ1) is 7.70. The van der Waals surface area contributed by atoms with E-state index in [0.29, 0.717) is 16.6 Å². The van der Waals surface area contributed by atoms with Crippen LogP contribution in [0.4, 0.5) is 5.69 Å². The Balaban J connectivity index is 2.51. The molecular formula is C10H11N3O3. The number of hydrogen-bond donors (Lipinski definition) is 3. The average Bonchev–Trinajstić information content (AvgIpc) is 2.27. The Hall–Kier alpha value is -2.08. The first-order valence-corrected chi connectivity index (χ1v) is 4.74. The largest absolute Gasteiger partial charge is 0.462 e. The number of aliphatic hydroxyl groups excluding tert-OH is 1. The van der Waals surface area contributed by atoms with Gasteiger partial charge in [-0.25, -0.2) is 0 Å². The third kappa shape index (κ3) is 1.96. The highest BCUT2D eigenvalue weighted by Gasteiger charge is 2.04. The molecule has 0 bridgehead atoms. The van der Waals surface area contributed by atoms with Gasteiger partial charge in [0.15, 0.2) is 0 Å². The second kappa shape index (κ2) is 4.19. The quantitative estimate of drug-likeness (QED) is 0.627. The number of benzene rings is 1. The highest BCUT2D eigenvalue weighted by molar-refractivity contribution is 5.81. The molecule has 0 radical (unpaired) electrons. The Morgan fingerprint density at radius 3 is 3.06 bits per heavy atom. The normalized spacial score (nSPS) is 10.6. The number of ether oxygens (including phenoxy) is 1. The second-order valence-electron chi connectivity index (χ2n) is 3.22. The molecule has 0 saturated heterocycles. The van der Waals surface area contributed by atoms with Gasteiger partial charge in [0.05, 0.1) is 17.5 Å². The van der Waals surface area contributed by atoms with E-state index < -0.39 is 0 Å². The van der Waals surface area contributed by atoms with Crippen LogP contribution in [0.25, 0.3) is 10.9 Å². The summed E-state index contributed by atoms with van der Waals surface area (Å²) in [7, 11) is 0. The van der Waals surface area contributed by atoms with Gasteiger partial charge in [0.1, 0.15) is 6.61 Å². The van der Waals surface area contributed by atoms with E-state index in [9.17, 15) is 4.79 Å². The van der Waals surface area contributed by atoms with Crippen molar-refractivity contribution in [3.05, 3.63) is 28.6 Å². The minimum atomic E-state index is -0.315. The fourth-order valence-corrected chi connectivity index (χ4v) is 1.35. The molecule has 0 aliphatic rings. The van der Waals surface area contributed by atoms with Gasteiger partial charge in [-0.05, 0) is 18.2 Å².